The van der Waals surface area contributed by atoms with Crippen molar-refractivity contribution in [2.45, 2.75) is 0 Å². The lowest BCUT2D eigenvalue weighted by Gasteiger charge is -2.03. The number of hydrogen-bond donors (Lipinski definition) is 2. The lowest BCUT2D eigenvalue weighted by Crippen LogP contribution is -3.00. The molecule has 5 heteroatoms. The number of rotatable bonds is 5. The molecular weight excluding hydrogens is 276 g/mol. The van der Waals surface area contributed by atoms with Gasteiger partial charge >= 0.3 is 0 Å². The summed E-state index contributed by atoms with van der Waals surface area (Å²) < 4.78 is 10.5. The second-order valence-electron chi connectivity index (χ2n) is 3.83. The van der Waals surface area contributed by atoms with Gasteiger partial charge in [0, 0.05) is 0 Å². The van der Waals surface area contributed by atoms with Crippen molar-refractivity contribution >= 4 is 17.7 Å². The van der Waals surface area contributed by atoms with Crippen LogP contribution in [0.5, 0.6) is 11.5 Å². The van der Waals surface area contributed by atoms with Crippen LogP contribution in [0, 0.1) is 0 Å². The summed E-state index contributed by atoms with van der Waals surface area (Å²) in [5.41, 5.74) is 1.79. The Morgan fingerprint density at radius 2 is 1.50 bits per heavy atom. The average molecular weight is 293 g/mol. The van der Waals surface area contributed by atoms with Gasteiger partial charge < -0.3 is 21.9 Å². The third-order valence-electron chi connectivity index (χ3n) is 2.67. The van der Waals surface area contributed by atoms with Crippen molar-refractivity contribution < 1.29 is 26.9 Å². The molecule has 0 amide bonds. The Balaban J connectivity index is 0.00000200. The summed E-state index contributed by atoms with van der Waals surface area (Å²) in [6, 6.07) is 15.4. The number of benzene rings is 2. The van der Waals surface area contributed by atoms with Crippen molar-refractivity contribution in [3.63, 3.8) is 0 Å². The van der Waals surface area contributed by atoms with Gasteiger partial charge in [-0.15, -0.1) is 0 Å². The van der Waals surface area contributed by atoms with Gasteiger partial charge in [0.05, 0.1) is 14.2 Å². The molecule has 0 atom stereocenters. The van der Waals surface area contributed by atoms with E-state index in [1.54, 1.807) is 20.6 Å². The molecule has 2 aromatic carbocycles. The fraction of sp³-hybridized carbons (Fsp3) is 0.133. The van der Waals surface area contributed by atoms with Crippen LogP contribution in [-0.4, -0.2) is 20.6 Å². The van der Waals surface area contributed by atoms with E-state index in [2.05, 4.69) is 10.3 Å². The van der Waals surface area contributed by atoms with Crippen molar-refractivity contribution in [3.05, 3.63) is 48.5 Å². The molecule has 0 unspecified atom stereocenters. The third kappa shape index (κ3) is 3.90. The molecule has 0 heterocycles. The van der Waals surface area contributed by atoms with E-state index < -0.39 is 0 Å². The maximum Gasteiger partial charge on any atom is 0.240 e. The van der Waals surface area contributed by atoms with Crippen molar-refractivity contribution in [1.29, 1.82) is 0 Å². The third-order valence-corrected chi connectivity index (χ3v) is 2.67. The van der Waals surface area contributed by atoms with E-state index in [4.69, 9.17) is 9.47 Å². The largest absolute Gasteiger partial charge is 1.00 e. The number of hydrogen-bond acceptors (Lipinski definition) is 2. The molecular formula is C15H17ClN2O2. The summed E-state index contributed by atoms with van der Waals surface area (Å²) in [4.78, 5) is 3.15. The molecule has 20 heavy (non-hydrogen) atoms. The summed E-state index contributed by atoms with van der Waals surface area (Å²) in [6.07, 6.45) is 1.75. The molecule has 0 aliphatic heterocycles. The summed E-state index contributed by atoms with van der Waals surface area (Å²) >= 11 is 0. The molecule has 2 rings (SSSR count). The zero-order chi connectivity index (χ0) is 13.5. The summed E-state index contributed by atoms with van der Waals surface area (Å²) in [7, 11) is 3.29. The highest BCUT2D eigenvalue weighted by Gasteiger charge is 2.04. The molecule has 0 fully saturated rings. The molecule has 0 spiro atoms. The van der Waals surface area contributed by atoms with Crippen molar-refractivity contribution in [2.24, 2.45) is 0 Å². The van der Waals surface area contributed by atoms with Crippen LogP contribution in [-0.2, 0) is 0 Å². The van der Waals surface area contributed by atoms with Gasteiger partial charge in [-0.3, -0.25) is 0 Å². The minimum Gasteiger partial charge on any atom is -1.00 e. The first-order valence-electron chi connectivity index (χ1n) is 5.96. The van der Waals surface area contributed by atoms with E-state index in [1.165, 1.54) is 0 Å². The summed E-state index contributed by atoms with van der Waals surface area (Å²) in [5.74, 6) is 1.58. The van der Waals surface area contributed by atoms with E-state index >= 15 is 0 Å². The smallest absolute Gasteiger partial charge is 0.240 e. The molecule has 0 aliphatic carbocycles. The van der Waals surface area contributed by atoms with Gasteiger partial charge in [-0.1, -0.05) is 24.3 Å². The van der Waals surface area contributed by atoms with E-state index in [0.29, 0.717) is 0 Å². The van der Waals surface area contributed by atoms with Crippen molar-refractivity contribution in [2.75, 3.05) is 19.5 Å². The Morgan fingerprint density at radius 1 is 0.900 bits per heavy atom. The van der Waals surface area contributed by atoms with Gasteiger partial charge in [-0.25, -0.2) is 10.3 Å². The van der Waals surface area contributed by atoms with Crippen LogP contribution in [0.15, 0.2) is 48.5 Å². The number of para-hydroxylation sites is 4. The zero-order valence-electron chi connectivity index (χ0n) is 11.4. The van der Waals surface area contributed by atoms with Gasteiger partial charge in [0.25, 0.3) is 0 Å². The number of anilines is 1. The minimum atomic E-state index is 0. The normalized spacial score (nSPS) is 9.90. The SMILES string of the molecule is COc1ccccc1NC=[NH+]c1ccccc1OC.[Cl-]. The molecule has 0 radical (unpaired) electrons. The molecule has 0 aromatic heterocycles. The Hall–Kier alpha value is -2.20. The molecule has 4 nitrogen and oxygen atoms in total. The topological polar surface area (TPSA) is 44.5 Å². The second kappa shape index (κ2) is 8.07. The van der Waals surface area contributed by atoms with E-state index in [9.17, 15) is 0 Å². The lowest BCUT2D eigenvalue weighted by atomic mass is 10.3. The average Bonchev–Trinajstić information content (AvgIpc) is 2.48. The van der Waals surface area contributed by atoms with Crippen molar-refractivity contribution in [1.82, 2.24) is 0 Å². The Labute approximate surface area is 124 Å². The predicted molar refractivity (Wildman–Crippen MR) is 76.3 cm³/mol. The maximum absolute atomic E-state index is 5.26. The van der Waals surface area contributed by atoms with Crippen LogP contribution < -0.4 is 32.2 Å². The minimum absolute atomic E-state index is 0. The summed E-state index contributed by atoms with van der Waals surface area (Å²) in [6.45, 7) is 0. The number of halogens is 1. The lowest BCUT2D eigenvalue weighted by molar-refractivity contribution is -0.348. The highest BCUT2D eigenvalue weighted by molar-refractivity contribution is 5.76. The Kier molecular flexibility index (Phi) is 6.40. The van der Waals surface area contributed by atoms with Crippen molar-refractivity contribution in [3.8, 4) is 11.5 Å². The first kappa shape index (κ1) is 15.9. The fourth-order valence-corrected chi connectivity index (χ4v) is 1.72. The molecule has 2 N–H and O–H groups in total. The first-order valence-corrected chi connectivity index (χ1v) is 5.96. The summed E-state index contributed by atoms with van der Waals surface area (Å²) in [5, 5.41) is 3.15. The predicted octanol–water partition coefficient (Wildman–Crippen LogP) is -1.44. The van der Waals surface area contributed by atoms with Crippen LogP contribution >= 0.6 is 0 Å². The molecule has 2 aromatic rings. The standard InChI is InChI=1S/C15H16N2O2.ClH/c1-18-14-9-5-3-7-12(14)16-11-17-13-8-4-6-10-15(13)19-2;/h3-11H,1-2H3,(H,16,17);1H. The van der Waals surface area contributed by atoms with Gasteiger partial charge in [-0.05, 0) is 24.3 Å². The maximum atomic E-state index is 5.26. The zero-order valence-corrected chi connectivity index (χ0v) is 12.1. The quantitative estimate of drug-likeness (QED) is 0.524. The number of nitrogens with one attached hydrogen (secondary N) is 2. The van der Waals surface area contributed by atoms with Crippen LogP contribution in [0.25, 0.3) is 0 Å². The van der Waals surface area contributed by atoms with Gasteiger partial charge in [-0.2, -0.15) is 0 Å². The van der Waals surface area contributed by atoms with E-state index in [1.807, 2.05) is 48.5 Å². The fourth-order valence-electron chi connectivity index (χ4n) is 1.72. The molecule has 0 bridgehead atoms. The van der Waals surface area contributed by atoms with E-state index in [0.717, 1.165) is 22.9 Å². The first-order chi connectivity index (χ1) is 9.35. The van der Waals surface area contributed by atoms with Crippen LogP contribution in [0.4, 0.5) is 11.4 Å². The number of methoxy groups -OCH3 is 2. The Morgan fingerprint density at radius 3 is 2.20 bits per heavy atom. The highest BCUT2D eigenvalue weighted by Crippen LogP contribution is 2.22. The molecule has 106 valence electrons. The second-order valence-corrected chi connectivity index (χ2v) is 3.83. The molecule has 0 saturated heterocycles. The van der Waals surface area contributed by atoms with Crippen LogP contribution in [0.3, 0.4) is 0 Å². The molecule has 0 saturated carbocycles. The van der Waals surface area contributed by atoms with Gasteiger partial charge in [0.1, 0.15) is 0 Å². The Bertz CT molecular complexity index is 573. The van der Waals surface area contributed by atoms with Crippen LogP contribution in [0.1, 0.15) is 0 Å². The highest BCUT2D eigenvalue weighted by atomic mass is 35.5. The van der Waals surface area contributed by atoms with Crippen LogP contribution in [0.2, 0.25) is 0 Å². The van der Waals surface area contributed by atoms with E-state index in [-0.39, 0.29) is 12.4 Å². The van der Waals surface area contributed by atoms with Gasteiger partial charge in [0.15, 0.2) is 22.9 Å². The van der Waals surface area contributed by atoms with Gasteiger partial charge in [0.2, 0.25) is 6.34 Å². The monoisotopic (exact) mass is 292 g/mol. The molecule has 0 aliphatic rings. The number of ether oxygens (including phenoxy) is 2.